The van der Waals surface area contributed by atoms with Crippen LogP contribution in [-0.2, 0) is 0 Å². The topological polar surface area (TPSA) is 66.0 Å². The molecular weight excluding hydrogens is 425 g/mol. The first-order valence-corrected chi connectivity index (χ1v) is 8.06. The van der Waals surface area contributed by atoms with Crippen LogP contribution in [0.1, 0.15) is 10.4 Å². The summed E-state index contributed by atoms with van der Waals surface area (Å²) in [6, 6.07) is 8.54. The van der Waals surface area contributed by atoms with Gasteiger partial charge in [0.05, 0.1) is 37.7 Å². The molecule has 24 heavy (non-hydrogen) atoms. The number of amides is 1. The fraction of sp³-hybridized carbons (Fsp3) is 0.235. The zero-order valence-corrected chi connectivity index (χ0v) is 16.0. The van der Waals surface area contributed by atoms with Gasteiger partial charge in [0.2, 0.25) is 0 Å². The molecule has 0 spiro atoms. The fourth-order valence-corrected chi connectivity index (χ4v) is 2.98. The van der Waals surface area contributed by atoms with Crippen molar-refractivity contribution in [2.45, 2.75) is 0 Å². The maximum absolute atomic E-state index is 12.6. The minimum atomic E-state index is -0.291. The molecule has 2 aromatic rings. The van der Waals surface area contributed by atoms with Gasteiger partial charge >= 0.3 is 0 Å². The van der Waals surface area contributed by atoms with E-state index in [0.29, 0.717) is 34.2 Å². The molecular formula is C17H18INO5. The molecule has 0 unspecified atom stereocenters. The van der Waals surface area contributed by atoms with E-state index >= 15 is 0 Å². The summed E-state index contributed by atoms with van der Waals surface area (Å²) < 4.78 is 21.8. The van der Waals surface area contributed by atoms with E-state index in [-0.39, 0.29) is 5.91 Å². The highest BCUT2D eigenvalue weighted by molar-refractivity contribution is 14.1. The van der Waals surface area contributed by atoms with Gasteiger partial charge in [-0.2, -0.15) is 0 Å². The number of rotatable bonds is 6. The Morgan fingerprint density at radius 1 is 0.917 bits per heavy atom. The van der Waals surface area contributed by atoms with Crippen molar-refractivity contribution in [2.24, 2.45) is 0 Å². The number of anilines is 1. The Kier molecular flexibility index (Phi) is 6.13. The number of hydrogen-bond acceptors (Lipinski definition) is 5. The summed E-state index contributed by atoms with van der Waals surface area (Å²) in [6.45, 7) is 0. The van der Waals surface area contributed by atoms with E-state index in [9.17, 15) is 4.79 Å². The highest BCUT2D eigenvalue weighted by Gasteiger charge is 2.16. The first-order chi connectivity index (χ1) is 11.5. The van der Waals surface area contributed by atoms with E-state index in [1.165, 1.54) is 14.2 Å². The fourth-order valence-electron chi connectivity index (χ4n) is 2.16. The highest BCUT2D eigenvalue weighted by atomic mass is 127. The Balaban J connectivity index is 2.35. The van der Waals surface area contributed by atoms with Crippen molar-refractivity contribution in [3.05, 3.63) is 39.5 Å². The molecule has 0 aliphatic rings. The number of nitrogens with one attached hydrogen (secondary N) is 1. The van der Waals surface area contributed by atoms with Crippen LogP contribution in [0.3, 0.4) is 0 Å². The number of hydrogen-bond donors (Lipinski definition) is 1. The van der Waals surface area contributed by atoms with Crippen molar-refractivity contribution in [3.63, 3.8) is 0 Å². The molecule has 0 aromatic heterocycles. The van der Waals surface area contributed by atoms with Crippen molar-refractivity contribution in [3.8, 4) is 23.0 Å². The third kappa shape index (κ3) is 3.84. The second-order valence-corrected chi connectivity index (χ2v) is 5.88. The number of halogens is 1. The monoisotopic (exact) mass is 443 g/mol. The predicted molar refractivity (Wildman–Crippen MR) is 99.8 cm³/mol. The maximum Gasteiger partial charge on any atom is 0.255 e. The summed E-state index contributed by atoms with van der Waals surface area (Å²) in [5.41, 5.74) is 0.966. The number of benzene rings is 2. The molecule has 2 aromatic carbocycles. The summed E-state index contributed by atoms with van der Waals surface area (Å²) >= 11 is 2.10. The van der Waals surface area contributed by atoms with E-state index < -0.39 is 0 Å². The average molecular weight is 443 g/mol. The minimum absolute atomic E-state index is 0.291. The van der Waals surface area contributed by atoms with Crippen molar-refractivity contribution in [2.75, 3.05) is 33.8 Å². The molecule has 0 fully saturated rings. The highest BCUT2D eigenvalue weighted by Crippen LogP contribution is 2.34. The zero-order valence-electron chi connectivity index (χ0n) is 13.8. The Bertz CT molecular complexity index is 748. The van der Waals surface area contributed by atoms with Gasteiger partial charge < -0.3 is 24.3 Å². The van der Waals surface area contributed by atoms with Crippen molar-refractivity contribution in [1.82, 2.24) is 0 Å². The number of carbonyl (C=O) groups excluding carboxylic acids is 1. The molecule has 0 heterocycles. The van der Waals surface area contributed by atoms with Crippen LogP contribution < -0.4 is 24.3 Å². The average Bonchev–Trinajstić information content (AvgIpc) is 2.60. The van der Waals surface area contributed by atoms with Gasteiger partial charge in [-0.1, -0.05) is 0 Å². The smallest absolute Gasteiger partial charge is 0.255 e. The van der Waals surface area contributed by atoms with Gasteiger partial charge in [0.1, 0.15) is 11.5 Å². The van der Waals surface area contributed by atoms with Crippen molar-refractivity contribution < 1.29 is 23.7 Å². The van der Waals surface area contributed by atoms with Crippen LogP contribution >= 0.6 is 22.6 Å². The number of ether oxygens (including phenoxy) is 4. The minimum Gasteiger partial charge on any atom is -0.497 e. The Hall–Kier alpha value is -2.16. The summed E-state index contributed by atoms with van der Waals surface area (Å²) in [4.78, 5) is 12.6. The van der Waals surface area contributed by atoms with Crippen LogP contribution in [-0.4, -0.2) is 34.3 Å². The van der Waals surface area contributed by atoms with E-state index in [1.54, 1.807) is 44.6 Å². The number of methoxy groups -OCH3 is 4. The van der Waals surface area contributed by atoms with Crippen LogP contribution in [0.5, 0.6) is 23.0 Å². The molecule has 0 aliphatic heterocycles. The van der Waals surface area contributed by atoms with Gasteiger partial charge in [-0.05, 0) is 46.9 Å². The standard InChI is InChI=1S/C17H18INO5/c1-21-11-5-6-14(22-2)13(9-11)19-17(20)10-7-12(18)16(24-4)15(8-10)23-3/h5-9H,1-4H3,(H,19,20). The first-order valence-electron chi connectivity index (χ1n) is 6.99. The predicted octanol–water partition coefficient (Wildman–Crippen LogP) is 3.58. The molecule has 0 bridgehead atoms. The SMILES string of the molecule is COc1ccc(OC)c(NC(=O)c2cc(I)c(OC)c(OC)c2)c1. The van der Waals surface area contributed by atoms with Gasteiger partial charge in [0, 0.05) is 11.6 Å². The number of carbonyl (C=O) groups is 1. The quantitative estimate of drug-likeness (QED) is 0.692. The van der Waals surface area contributed by atoms with E-state index in [0.717, 1.165) is 3.57 Å². The van der Waals surface area contributed by atoms with E-state index in [1.807, 2.05) is 0 Å². The summed E-state index contributed by atoms with van der Waals surface area (Å²) in [6.07, 6.45) is 0. The van der Waals surface area contributed by atoms with Crippen LogP contribution in [0.25, 0.3) is 0 Å². The third-order valence-electron chi connectivity index (χ3n) is 3.35. The second-order valence-electron chi connectivity index (χ2n) is 4.71. The molecule has 0 saturated carbocycles. The lowest BCUT2D eigenvalue weighted by Crippen LogP contribution is -2.13. The van der Waals surface area contributed by atoms with Crippen LogP contribution in [0.15, 0.2) is 30.3 Å². The van der Waals surface area contributed by atoms with Crippen molar-refractivity contribution >= 4 is 34.2 Å². The molecule has 2 rings (SSSR count). The lowest BCUT2D eigenvalue weighted by Gasteiger charge is -2.14. The van der Waals surface area contributed by atoms with Crippen LogP contribution in [0.2, 0.25) is 0 Å². The molecule has 1 amide bonds. The molecule has 0 atom stereocenters. The lowest BCUT2D eigenvalue weighted by molar-refractivity contribution is 0.102. The van der Waals surface area contributed by atoms with Gasteiger partial charge in [-0.15, -0.1) is 0 Å². The van der Waals surface area contributed by atoms with Gasteiger partial charge in [0.25, 0.3) is 5.91 Å². The van der Waals surface area contributed by atoms with Crippen LogP contribution in [0, 0.1) is 3.57 Å². The first kappa shape index (κ1) is 18.2. The van der Waals surface area contributed by atoms with E-state index in [2.05, 4.69) is 27.9 Å². The summed E-state index contributed by atoms with van der Waals surface area (Å²) in [7, 11) is 6.18. The zero-order chi connectivity index (χ0) is 17.7. The third-order valence-corrected chi connectivity index (χ3v) is 4.15. The molecule has 6 nitrogen and oxygen atoms in total. The largest absolute Gasteiger partial charge is 0.497 e. The van der Waals surface area contributed by atoms with Gasteiger partial charge in [0.15, 0.2) is 11.5 Å². The molecule has 0 aliphatic carbocycles. The van der Waals surface area contributed by atoms with Gasteiger partial charge in [-0.25, -0.2) is 0 Å². The molecule has 128 valence electrons. The van der Waals surface area contributed by atoms with E-state index in [4.69, 9.17) is 18.9 Å². The second kappa shape index (κ2) is 8.09. The summed E-state index contributed by atoms with van der Waals surface area (Å²) in [5.74, 6) is 1.95. The lowest BCUT2D eigenvalue weighted by atomic mass is 10.1. The molecule has 0 radical (unpaired) electrons. The van der Waals surface area contributed by atoms with Crippen LogP contribution in [0.4, 0.5) is 5.69 Å². The summed E-state index contributed by atoms with van der Waals surface area (Å²) in [5, 5.41) is 2.82. The Labute approximate surface area is 154 Å². The van der Waals surface area contributed by atoms with Crippen molar-refractivity contribution in [1.29, 1.82) is 0 Å². The van der Waals surface area contributed by atoms with Gasteiger partial charge in [-0.3, -0.25) is 4.79 Å². The molecule has 7 heteroatoms. The molecule has 0 saturated heterocycles. The Morgan fingerprint density at radius 3 is 2.21 bits per heavy atom. The maximum atomic E-state index is 12.6. The molecule has 1 N–H and O–H groups in total. The Morgan fingerprint density at radius 2 is 1.62 bits per heavy atom. The normalized spacial score (nSPS) is 10.0.